The maximum Gasteiger partial charge on any atom is 0.301 e. The minimum atomic E-state index is -0.512. The zero-order valence-electron chi connectivity index (χ0n) is 7.14. The molecule has 4 nitrogen and oxygen atoms in total. The number of hydrogen-bond donors (Lipinski definition) is 1. The van der Waals surface area contributed by atoms with E-state index in [2.05, 4.69) is 0 Å². The van der Waals surface area contributed by atoms with E-state index in [0.29, 0.717) is 10.6 Å². The predicted octanol–water partition coefficient (Wildman–Crippen LogP) is 2.33. The summed E-state index contributed by atoms with van der Waals surface area (Å²) in [5.74, 6) is 0.418. The molecule has 0 atom stereocenters. The van der Waals surface area contributed by atoms with Gasteiger partial charge in [0, 0.05) is 5.75 Å². The molecule has 0 fully saturated rings. The van der Waals surface area contributed by atoms with E-state index < -0.39 is 4.92 Å². The first kappa shape index (κ1) is 11.3. The maximum atomic E-state index is 10.7. The molecule has 0 saturated heterocycles. The molecule has 6 heteroatoms. The third kappa shape index (κ3) is 2.60. The van der Waals surface area contributed by atoms with Crippen molar-refractivity contribution in [2.45, 2.75) is 4.90 Å². The van der Waals surface area contributed by atoms with Crippen molar-refractivity contribution in [1.29, 1.82) is 0 Å². The Morgan fingerprint density at radius 2 is 2.29 bits per heavy atom. The Labute approximate surface area is 90.0 Å². The monoisotopic (exact) mass is 233 g/mol. The molecule has 76 valence electrons. The van der Waals surface area contributed by atoms with E-state index in [1.807, 2.05) is 0 Å². The molecule has 0 saturated carbocycles. The maximum absolute atomic E-state index is 10.7. The Bertz CT molecular complexity index is 345. The van der Waals surface area contributed by atoms with Gasteiger partial charge in [0.1, 0.15) is 5.02 Å². The van der Waals surface area contributed by atoms with Gasteiger partial charge in [0.25, 0.3) is 0 Å². The summed E-state index contributed by atoms with van der Waals surface area (Å²) in [6.07, 6.45) is 0. The topological polar surface area (TPSA) is 63.4 Å². The van der Waals surface area contributed by atoms with Crippen LogP contribution in [0.15, 0.2) is 23.1 Å². The van der Waals surface area contributed by atoms with Crippen LogP contribution < -0.4 is 0 Å². The van der Waals surface area contributed by atoms with Crippen molar-refractivity contribution in [3.05, 3.63) is 33.3 Å². The zero-order chi connectivity index (χ0) is 10.6. The highest BCUT2D eigenvalue weighted by Crippen LogP contribution is 2.34. The third-order valence-electron chi connectivity index (χ3n) is 1.48. The fourth-order valence-electron chi connectivity index (χ4n) is 0.945. The van der Waals surface area contributed by atoms with Crippen LogP contribution in [0, 0.1) is 10.1 Å². The van der Waals surface area contributed by atoms with Gasteiger partial charge in [-0.15, -0.1) is 11.8 Å². The lowest BCUT2D eigenvalue weighted by atomic mass is 10.3. The van der Waals surface area contributed by atoms with Crippen LogP contribution in [0.1, 0.15) is 0 Å². The van der Waals surface area contributed by atoms with Crippen molar-refractivity contribution in [1.82, 2.24) is 0 Å². The van der Waals surface area contributed by atoms with Crippen molar-refractivity contribution in [3.8, 4) is 0 Å². The number of nitro groups is 1. The highest BCUT2D eigenvalue weighted by atomic mass is 35.5. The molecule has 0 bridgehead atoms. The fourth-order valence-corrected chi connectivity index (χ4v) is 2.05. The Kier molecular flexibility index (Phi) is 4.19. The molecule has 0 radical (unpaired) electrons. The minimum absolute atomic E-state index is 0.0195. The molecule has 1 aromatic rings. The largest absolute Gasteiger partial charge is 0.396 e. The average molecular weight is 234 g/mol. The normalized spacial score (nSPS) is 10.1. The van der Waals surface area contributed by atoms with Crippen LogP contribution >= 0.6 is 23.4 Å². The van der Waals surface area contributed by atoms with Crippen LogP contribution in [-0.4, -0.2) is 22.4 Å². The summed E-state index contributed by atoms with van der Waals surface area (Å²) >= 11 is 6.90. The second-order valence-corrected chi connectivity index (χ2v) is 3.96. The van der Waals surface area contributed by atoms with Gasteiger partial charge in [0.05, 0.1) is 16.4 Å². The standard InChI is InChI=1S/C8H8ClNO3S/c9-6-2-1-3-7(14-5-4-11)8(6)10(12)13/h1-3,11H,4-5H2. The molecule has 0 aliphatic carbocycles. The van der Waals surface area contributed by atoms with E-state index >= 15 is 0 Å². The van der Waals surface area contributed by atoms with Crippen LogP contribution in [0.4, 0.5) is 5.69 Å². The van der Waals surface area contributed by atoms with E-state index in [1.165, 1.54) is 17.8 Å². The van der Waals surface area contributed by atoms with Gasteiger partial charge >= 0.3 is 5.69 Å². The number of aliphatic hydroxyl groups is 1. The van der Waals surface area contributed by atoms with Crippen molar-refractivity contribution in [2.75, 3.05) is 12.4 Å². The number of rotatable bonds is 4. The highest BCUT2D eigenvalue weighted by molar-refractivity contribution is 7.99. The van der Waals surface area contributed by atoms with Crippen molar-refractivity contribution < 1.29 is 10.0 Å². The number of halogens is 1. The summed E-state index contributed by atoms with van der Waals surface area (Å²) in [6.45, 7) is -0.0195. The lowest BCUT2D eigenvalue weighted by molar-refractivity contribution is -0.387. The number of nitro benzene ring substituents is 1. The molecule has 0 aliphatic rings. The summed E-state index contributed by atoms with van der Waals surface area (Å²) in [7, 11) is 0. The molecule has 0 unspecified atom stereocenters. The SMILES string of the molecule is O=[N+]([O-])c1c(Cl)cccc1SCCO. The summed E-state index contributed by atoms with van der Waals surface area (Å²) < 4.78 is 0. The zero-order valence-corrected chi connectivity index (χ0v) is 8.72. The molecule has 14 heavy (non-hydrogen) atoms. The van der Waals surface area contributed by atoms with E-state index in [1.54, 1.807) is 12.1 Å². The Morgan fingerprint density at radius 3 is 2.86 bits per heavy atom. The van der Waals surface area contributed by atoms with Crippen molar-refractivity contribution in [3.63, 3.8) is 0 Å². The van der Waals surface area contributed by atoms with Gasteiger partial charge in [0.15, 0.2) is 0 Å². The van der Waals surface area contributed by atoms with Gasteiger partial charge in [-0.2, -0.15) is 0 Å². The molecule has 1 aromatic carbocycles. The number of aliphatic hydroxyl groups excluding tert-OH is 1. The Morgan fingerprint density at radius 1 is 1.57 bits per heavy atom. The summed E-state index contributed by atoms with van der Waals surface area (Å²) in [5.41, 5.74) is -0.0902. The fraction of sp³-hybridized carbons (Fsp3) is 0.250. The van der Waals surface area contributed by atoms with Crippen LogP contribution in [0.3, 0.4) is 0 Å². The molecule has 0 amide bonds. The molecule has 0 spiro atoms. The average Bonchev–Trinajstić information content (AvgIpc) is 2.14. The third-order valence-corrected chi connectivity index (χ3v) is 2.81. The van der Waals surface area contributed by atoms with Gasteiger partial charge in [-0.25, -0.2) is 0 Å². The van der Waals surface area contributed by atoms with E-state index in [0.717, 1.165) is 0 Å². The van der Waals surface area contributed by atoms with Gasteiger partial charge in [-0.3, -0.25) is 10.1 Å². The number of nitrogens with zero attached hydrogens (tertiary/aromatic N) is 1. The molecule has 0 aliphatic heterocycles. The number of para-hydroxylation sites is 1. The Balaban J connectivity index is 3.02. The molecule has 1 rings (SSSR count). The first-order valence-corrected chi connectivity index (χ1v) is 5.19. The summed E-state index contributed by atoms with van der Waals surface area (Å²) in [5, 5.41) is 19.4. The van der Waals surface area contributed by atoms with Gasteiger partial charge in [-0.05, 0) is 12.1 Å². The molecular weight excluding hydrogens is 226 g/mol. The van der Waals surface area contributed by atoms with E-state index in [9.17, 15) is 10.1 Å². The van der Waals surface area contributed by atoms with E-state index in [4.69, 9.17) is 16.7 Å². The van der Waals surface area contributed by atoms with Crippen LogP contribution in [0.2, 0.25) is 5.02 Å². The lowest BCUT2D eigenvalue weighted by Gasteiger charge is -2.02. The van der Waals surface area contributed by atoms with Gasteiger partial charge in [0.2, 0.25) is 0 Å². The number of thioether (sulfide) groups is 1. The second-order valence-electron chi connectivity index (χ2n) is 2.42. The smallest absolute Gasteiger partial charge is 0.301 e. The van der Waals surface area contributed by atoms with Gasteiger partial charge in [-0.1, -0.05) is 17.7 Å². The first-order chi connectivity index (χ1) is 6.66. The van der Waals surface area contributed by atoms with Crippen molar-refractivity contribution >= 4 is 29.1 Å². The Hall–Kier alpha value is -0.780. The summed E-state index contributed by atoms with van der Waals surface area (Å²) in [4.78, 5) is 10.6. The van der Waals surface area contributed by atoms with Crippen LogP contribution in [0.25, 0.3) is 0 Å². The van der Waals surface area contributed by atoms with Crippen molar-refractivity contribution in [2.24, 2.45) is 0 Å². The molecule has 0 heterocycles. The lowest BCUT2D eigenvalue weighted by Crippen LogP contribution is -1.93. The molecular formula is C8H8ClNO3S. The summed E-state index contributed by atoms with van der Waals surface area (Å²) in [6, 6.07) is 4.74. The number of hydrogen-bond acceptors (Lipinski definition) is 4. The number of benzene rings is 1. The molecule has 1 N–H and O–H groups in total. The first-order valence-electron chi connectivity index (χ1n) is 3.83. The quantitative estimate of drug-likeness (QED) is 0.493. The van der Waals surface area contributed by atoms with Crippen LogP contribution in [0.5, 0.6) is 0 Å². The second kappa shape index (κ2) is 5.19. The van der Waals surface area contributed by atoms with Crippen LogP contribution in [-0.2, 0) is 0 Å². The van der Waals surface area contributed by atoms with Gasteiger partial charge < -0.3 is 5.11 Å². The highest BCUT2D eigenvalue weighted by Gasteiger charge is 2.17. The van der Waals surface area contributed by atoms with E-state index in [-0.39, 0.29) is 17.3 Å². The minimum Gasteiger partial charge on any atom is -0.396 e. The predicted molar refractivity (Wildman–Crippen MR) is 55.9 cm³/mol. The molecule has 0 aromatic heterocycles.